The van der Waals surface area contributed by atoms with Crippen LogP contribution in [0.3, 0.4) is 0 Å². The number of methoxy groups -OCH3 is 1. The van der Waals surface area contributed by atoms with Crippen molar-refractivity contribution < 1.29 is 24.2 Å². The van der Waals surface area contributed by atoms with Crippen LogP contribution in [-0.2, 0) is 19.1 Å². The van der Waals surface area contributed by atoms with Crippen LogP contribution >= 0.6 is 0 Å². The SMILES string of the molecule is COC(=O)C(=O)CN1CCC[C@H]1C(=O)O. The highest BCUT2D eigenvalue weighted by Crippen LogP contribution is 2.16. The fourth-order valence-electron chi connectivity index (χ4n) is 1.66. The van der Waals surface area contributed by atoms with E-state index in [1.807, 2.05) is 0 Å². The maximum absolute atomic E-state index is 11.2. The van der Waals surface area contributed by atoms with Crippen molar-refractivity contribution >= 4 is 17.7 Å². The Balaban J connectivity index is 2.54. The molecule has 0 radical (unpaired) electrons. The molecule has 0 bridgehead atoms. The maximum atomic E-state index is 11.2. The summed E-state index contributed by atoms with van der Waals surface area (Å²) < 4.78 is 4.26. The van der Waals surface area contributed by atoms with E-state index >= 15 is 0 Å². The Morgan fingerprint density at radius 1 is 1.47 bits per heavy atom. The lowest BCUT2D eigenvalue weighted by molar-refractivity contribution is -0.153. The van der Waals surface area contributed by atoms with Crippen molar-refractivity contribution in [3.8, 4) is 0 Å². The first-order valence-corrected chi connectivity index (χ1v) is 4.64. The zero-order valence-corrected chi connectivity index (χ0v) is 8.43. The number of rotatable bonds is 4. The summed E-state index contributed by atoms with van der Waals surface area (Å²) in [4.78, 5) is 34.3. The number of carboxylic acids is 1. The number of esters is 1. The monoisotopic (exact) mass is 215 g/mol. The number of carbonyl (C=O) groups is 3. The second kappa shape index (κ2) is 4.88. The van der Waals surface area contributed by atoms with Gasteiger partial charge in [-0.2, -0.15) is 0 Å². The zero-order chi connectivity index (χ0) is 11.4. The van der Waals surface area contributed by atoms with Gasteiger partial charge in [-0.3, -0.25) is 14.5 Å². The summed E-state index contributed by atoms with van der Waals surface area (Å²) in [6.07, 6.45) is 1.25. The van der Waals surface area contributed by atoms with Gasteiger partial charge < -0.3 is 9.84 Å². The summed E-state index contributed by atoms with van der Waals surface area (Å²) in [6.45, 7) is 0.351. The molecule has 15 heavy (non-hydrogen) atoms. The van der Waals surface area contributed by atoms with Crippen LogP contribution in [0, 0.1) is 0 Å². The van der Waals surface area contributed by atoms with Crippen molar-refractivity contribution in [2.24, 2.45) is 0 Å². The van der Waals surface area contributed by atoms with Crippen LogP contribution in [0.2, 0.25) is 0 Å². The lowest BCUT2D eigenvalue weighted by Crippen LogP contribution is -2.41. The molecule has 1 aliphatic rings. The number of carbonyl (C=O) groups excluding carboxylic acids is 2. The van der Waals surface area contributed by atoms with Gasteiger partial charge >= 0.3 is 11.9 Å². The molecular formula is C9H13NO5. The van der Waals surface area contributed by atoms with E-state index in [1.165, 1.54) is 4.90 Å². The van der Waals surface area contributed by atoms with E-state index in [1.54, 1.807) is 0 Å². The van der Waals surface area contributed by atoms with Gasteiger partial charge in [0.15, 0.2) is 0 Å². The first-order chi connectivity index (χ1) is 7.06. The highest BCUT2D eigenvalue weighted by Gasteiger charge is 2.33. The van der Waals surface area contributed by atoms with Gasteiger partial charge in [0.05, 0.1) is 13.7 Å². The average Bonchev–Trinajstić information content (AvgIpc) is 2.64. The second-order valence-electron chi connectivity index (χ2n) is 3.38. The number of ketones is 1. The Morgan fingerprint density at radius 3 is 2.67 bits per heavy atom. The quantitative estimate of drug-likeness (QED) is 0.492. The van der Waals surface area contributed by atoms with E-state index in [-0.39, 0.29) is 6.54 Å². The number of likely N-dealkylation sites (tertiary alicyclic amines) is 1. The van der Waals surface area contributed by atoms with Gasteiger partial charge in [0.1, 0.15) is 6.04 Å². The normalized spacial score (nSPS) is 21.3. The van der Waals surface area contributed by atoms with Crippen molar-refractivity contribution in [3.05, 3.63) is 0 Å². The Kier molecular flexibility index (Phi) is 3.79. The Labute approximate surface area is 86.8 Å². The van der Waals surface area contributed by atoms with E-state index in [9.17, 15) is 14.4 Å². The molecule has 1 atom stereocenters. The van der Waals surface area contributed by atoms with Crippen LogP contribution in [0.15, 0.2) is 0 Å². The summed E-state index contributed by atoms with van der Waals surface area (Å²) in [7, 11) is 1.12. The third-order valence-electron chi connectivity index (χ3n) is 2.41. The molecule has 6 nitrogen and oxygen atoms in total. The van der Waals surface area contributed by atoms with Crippen molar-refractivity contribution in [3.63, 3.8) is 0 Å². The summed E-state index contributed by atoms with van der Waals surface area (Å²) in [5.41, 5.74) is 0. The predicted octanol–water partition coefficient (Wildman–Crippen LogP) is -0.722. The second-order valence-corrected chi connectivity index (χ2v) is 3.38. The molecule has 0 spiro atoms. The molecule has 1 fully saturated rings. The molecule has 0 amide bonds. The van der Waals surface area contributed by atoms with Crippen LogP contribution < -0.4 is 0 Å². The first kappa shape index (κ1) is 11.6. The van der Waals surface area contributed by atoms with Crippen LogP contribution in [0.1, 0.15) is 12.8 Å². The third-order valence-corrected chi connectivity index (χ3v) is 2.41. The van der Waals surface area contributed by atoms with Crippen LogP contribution in [-0.4, -0.2) is 54.0 Å². The average molecular weight is 215 g/mol. The lowest BCUT2D eigenvalue weighted by atomic mass is 10.2. The van der Waals surface area contributed by atoms with E-state index in [0.717, 1.165) is 13.5 Å². The van der Waals surface area contributed by atoms with Gasteiger partial charge in [-0.1, -0.05) is 0 Å². The minimum Gasteiger partial charge on any atom is -0.480 e. The molecule has 0 aromatic carbocycles. The fraction of sp³-hybridized carbons (Fsp3) is 0.667. The number of aliphatic carboxylic acids is 1. The Morgan fingerprint density at radius 2 is 2.13 bits per heavy atom. The van der Waals surface area contributed by atoms with Gasteiger partial charge in [-0.15, -0.1) is 0 Å². The van der Waals surface area contributed by atoms with Crippen molar-refractivity contribution in [2.75, 3.05) is 20.2 Å². The molecule has 1 rings (SSSR count). The van der Waals surface area contributed by atoms with Gasteiger partial charge in [0.25, 0.3) is 5.78 Å². The number of carboxylic acid groups (broad SMARTS) is 1. The summed E-state index contributed by atoms with van der Waals surface area (Å²) >= 11 is 0. The summed E-state index contributed by atoms with van der Waals surface area (Å²) in [5, 5.41) is 8.82. The van der Waals surface area contributed by atoms with Gasteiger partial charge in [-0.05, 0) is 19.4 Å². The lowest BCUT2D eigenvalue weighted by Gasteiger charge is -2.18. The predicted molar refractivity (Wildman–Crippen MR) is 49.3 cm³/mol. The van der Waals surface area contributed by atoms with Crippen molar-refractivity contribution in [1.29, 1.82) is 0 Å². The standard InChI is InChI=1S/C9H13NO5/c1-15-9(14)7(11)5-10-4-2-3-6(10)8(12)13/h6H,2-5H2,1H3,(H,12,13)/t6-/m0/s1. The number of Topliss-reactive ketones (excluding diaryl/α,β-unsaturated/α-hetero) is 1. The molecule has 1 heterocycles. The first-order valence-electron chi connectivity index (χ1n) is 4.64. The van der Waals surface area contributed by atoms with Crippen LogP contribution in [0.25, 0.3) is 0 Å². The molecule has 1 N–H and O–H groups in total. The smallest absolute Gasteiger partial charge is 0.375 e. The van der Waals surface area contributed by atoms with Gasteiger partial charge in [0.2, 0.25) is 0 Å². The van der Waals surface area contributed by atoms with Crippen molar-refractivity contribution in [2.45, 2.75) is 18.9 Å². The number of hydrogen-bond donors (Lipinski definition) is 1. The minimum atomic E-state index is -0.954. The van der Waals surface area contributed by atoms with Crippen LogP contribution in [0.4, 0.5) is 0 Å². The molecule has 0 aliphatic carbocycles. The molecule has 0 aromatic heterocycles. The summed E-state index contributed by atoms with van der Waals surface area (Å²) in [6, 6.07) is -0.654. The Bertz CT molecular complexity index is 288. The molecule has 84 valence electrons. The third kappa shape index (κ3) is 2.76. The van der Waals surface area contributed by atoms with E-state index in [4.69, 9.17) is 5.11 Å². The van der Waals surface area contributed by atoms with Gasteiger partial charge in [0, 0.05) is 0 Å². The molecule has 0 unspecified atom stereocenters. The summed E-state index contributed by atoms with van der Waals surface area (Å²) in [5.74, 6) is -2.58. The molecule has 0 saturated carbocycles. The highest BCUT2D eigenvalue weighted by molar-refractivity contribution is 6.34. The van der Waals surface area contributed by atoms with E-state index < -0.39 is 23.8 Å². The molecule has 1 aliphatic heterocycles. The fourth-order valence-corrected chi connectivity index (χ4v) is 1.66. The van der Waals surface area contributed by atoms with Crippen molar-refractivity contribution in [1.82, 2.24) is 4.90 Å². The largest absolute Gasteiger partial charge is 0.480 e. The maximum Gasteiger partial charge on any atom is 0.375 e. The highest BCUT2D eigenvalue weighted by atomic mass is 16.5. The molecule has 1 saturated heterocycles. The number of nitrogens with zero attached hydrogens (tertiary/aromatic N) is 1. The topological polar surface area (TPSA) is 83.9 Å². The van der Waals surface area contributed by atoms with Gasteiger partial charge in [-0.25, -0.2) is 4.79 Å². The Hall–Kier alpha value is -1.43. The van der Waals surface area contributed by atoms with E-state index in [0.29, 0.717) is 13.0 Å². The molecular weight excluding hydrogens is 202 g/mol. The minimum absolute atomic E-state index is 0.177. The molecule has 0 aromatic rings. The zero-order valence-electron chi connectivity index (χ0n) is 8.43. The van der Waals surface area contributed by atoms with E-state index in [2.05, 4.69) is 4.74 Å². The number of hydrogen-bond acceptors (Lipinski definition) is 5. The van der Waals surface area contributed by atoms with Crippen LogP contribution in [0.5, 0.6) is 0 Å². The molecule has 6 heteroatoms. The number of ether oxygens (including phenoxy) is 1.